The lowest BCUT2D eigenvalue weighted by Gasteiger charge is -2.15. The Hall–Kier alpha value is -0.0000000000000000208. The first-order chi connectivity index (χ1) is 6.99. The van der Waals surface area contributed by atoms with Crippen LogP contribution in [0.2, 0.25) is 0 Å². The monoisotopic (exact) mass is 242 g/mol. The lowest BCUT2D eigenvalue weighted by molar-refractivity contribution is 0.696. The zero-order chi connectivity index (χ0) is 11.4. The van der Waals surface area contributed by atoms with Gasteiger partial charge in [0.15, 0.2) is 0 Å². The van der Waals surface area contributed by atoms with Gasteiger partial charge in [0.25, 0.3) is 0 Å². The van der Waals surface area contributed by atoms with E-state index in [-0.39, 0.29) is 0 Å². The van der Waals surface area contributed by atoms with Crippen molar-refractivity contribution in [3.8, 4) is 0 Å². The molecule has 0 radical (unpaired) electrons. The third-order valence-corrected chi connectivity index (χ3v) is 4.18. The van der Waals surface area contributed by atoms with Crippen molar-refractivity contribution < 1.29 is 0 Å². The third-order valence-electron chi connectivity index (χ3n) is 1.93. The van der Waals surface area contributed by atoms with Crippen molar-refractivity contribution in [3.63, 3.8) is 0 Å². The molecular weight excluding hydrogens is 222 g/mol. The van der Waals surface area contributed by atoms with E-state index in [9.17, 15) is 0 Å². The summed E-state index contributed by atoms with van der Waals surface area (Å²) >= 11 is 0. The first kappa shape index (κ1) is 13.1. The molecule has 84 valence electrons. The first-order valence-electron chi connectivity index (χ1n) is 4.97. The van der Waals surface area contributed by atoms with Crippen LogP contribution < -0.4 is 10.6 Å². The summed E-state index contributed by atoms with van der Waals surface area (Å²) in [5.74, 6) is 0. The smallest absolute Gasteiger partial charge is 0.00873 e. The largest absolute Gasteiger partial charge is 0.287 e. The molecule has 0 spiro atoms. The average Bonchev–Trinajstić information content (AvgIpc) is 2.09. The summed E-state index contributed by atoms with van der Waals surface area (Å²) in [4.78, 5) is 0. The Morgan fingerprint density at radius 3 is 2.07 bits per heavy atom. The number of rotatable bonds is 4. The van der Waals surface area contributed by atoms with Gasteiger partial charge in [-0.3, -0.25) is 9.34 Å². The molecule has 1 aromatic rings. The lowest BCUT2D eigenvalue weighted by Crippen LogP contribution is -2.15. The Morgan fingerprint density at radius 1 is 0.933 bits per heavy atom. The van der Waals surface area contributed by atoms with Gasteiger partial charge >= 0.3 is 0 Å². The zero-order valence-corrected chi connectivity index (χ0v) is 12.1. The Labute approximate surface area is 96.7 Å². The Morgan fingerprint density at radius 2 is 1.53 bits per heavy atom. The average molecular weight is 242 g/mol. The van der Waals surface area contributed by atoms with Gasteiger partial charge in [0.05, 0.1) is 0 Å². The van der Waals surface area contributed by atoms with Gasteiger partial charge in [-0.05, 0) is 74.8 Å². The molecule has 0 aliphatic rings. The molecule has 2 atom stereocenters. The highest BCUT2D eigenvalue weighted by Gasteiger charge is 2.02. The predicted molar refractivity (Wildman–Crippen MR) is 74.5 cm³/mol. The lowest BCUT2D eigenvalue weighted by atomic mass is 10.2. The molecule has 0 aliphatic carbocycles. The van der Waals surface area contributed by atoms with Gasteiger partial charge in [-0.25, -0.2) is 0 Å². The predicted octanol–water partition coefficient (Wildman–Crippen LogP) is 1.56. The van der Waals surface area contributed by atoms with E-state index in [0.29, 0.717) is 0 Å². The van der Waals surface area contributed by atoms with Crippen molar-refractivity contribution in [2.24, 2.45) is 0 Å². The normalized spacial score (nSPS) is 13.0. The van der Waals surface area contributed by atoms with Crippen LogP contribution >= 0.6 is 17.5 Å². The van der Waals surface area contributed by atoms with Crippen molar-refractivity contribution in [1.82, 2.24) is 9.34 Å². The van der Waals surface area contributed by atoms with Crippen LogP contribution in [-0.2, 0) is 0 Å². The molecule has 2 unspecified atom stereocenters. The molecule has 0 amide bonds. The molecule has 0 aliphatic heterocycles. The maximum Gasteiger partial charge on any atom is -0.00873 e. The van der Waals surface area contributed by atoms with Crippen LogP contribution in [0.5, 0.6) is 0 Å². The first-order valence-corrected chi connectivity index (χ1v) is 6.87. The molecule has 2 nitrogen and oxygen atoms in total. The number of hydrogen-bond donors (Lipinski definition) is 0. The molecule has 0 N–H and O–H groups in total. The summed E-state index contributed by atoms with van der Waals surface area (Å²) in [6, 6.07) is 6.81. The van der Waals surface area contributed by atoms with E-state index in [1.165, 1.54) is 16.2 Å². The molecule has 15 heavy (non-hydrogen) atoms. The van der Waals surface area contributed by atoms with Crippen molar-refractivity contribution in [3.05, 3.63) is 23.8 Å². The molecule has 0 heterocycles. The standard InChI is InChI=1S/C11H20N2P2/c1-9-6-7-10(14-12(2)3)8-11(9)15-13(4)5/h6-8,14-15H,1-5H3. The quantitative estimate of drug-likeness (QED) is 0.739. The highest BCUT2D eigenvalue weighted by atomic mass is 31.1. The Balaban J connectivity index is 2.85. The van der Waals surface area contributed by atoms with Crippen LogP contribution in [0.15, 0.2) is 18.2 Å². The zero-order valence-electron chi connectivity index (χ0n) is 10.1. The van der Waals surface area contributed by atoms with Crippen LogP contribution in [0.4, 0.5) is 0 Å². The summed E-state index contributed by atoms with van der Waals surface area (Å²) in [5.41, 5.74) is 1.40. The van der Waals surface area contributed by atoms with Crippen molar-refractivity contribution in [1.29, 1.82) is 0 Å². The highest BCUT2D eigenvalue weighted by molar-refractivity contribution is 7.46. The molecule has 0 fully saturated rings. The van der Waals surface area contributed by atoms with E-state index < -0.39 is 0 Å². The van der Waals surface area contributed by atoms with Crippen LogP contribution in [0, 0.1) is 6.92 Å². The number of nitrogens with zero attached hydrogens (tertiary/aromatic N) is 2. The number of benzene rings is 1. The van der Waals surface area contributed by atoms with E-state index in [1.807, 2.05) is 0 Å². The summed E-state index contributed by atoms with van der Waals surface area (Å²) in [5, 5.41) is 2.89. The summed E-state index contributed by atoms with van der Waals surface area (Å²) in [6.45, 7) is 2.19. The van der Waals surface area contributed by atoms with Gasteiger partial charge in [-0.2, -0.15) is 0 Å². The minimum Gasteiger partial charge on any atom is -0.287 e. The minimum atomic E-state index is 0.770. The molecule has 1 aromatic carbocycles. The number of hydrogen-bond acceptors (Lipinski definition) is 2. The summed E-state index contributed by atoms with van der Waals surface area (Å²) < 4.78 is 4.47. The SMILES string of the molecule is Cc1ccc(PN(C)C)cc1PN(C)C. The van der Waals surface area contributed by atoms with Crippen molar-refractivity contribution >= 4 is 28.1 Å². The maximum atomic E-state index is 2.34. The van der Waals surface area contributed by atoms with Crippen LogP contribution in [-0.4, -0.2) is 37.5 Å². The van der Waals surface area contributed by atoms with Gasteiger partial charge < -0.3 is 0 Å². The summed E-state index contributed by atoms with van der Waals surface area (Å²) in [7, 11) is 10.0. The van der Waals surface area contributed by atoms with Gasteiger partial charge in [0, 0.05) is 0 Å². The third kappa shape index (κ3) is 4.57. The van der Waals surface area contributed by atoms with E-state index in [0.717, 1.165) is 17.5 Å². The molecule has 4 heteroatoms. The molecule has 0 saturated heterocycles. The van der Waals surface area contributed by atoms with E-state index in [4.69, 9.17) is 0 Å². The van der Waals surface area contributed by atoms with E-state index in [2.05, 4.69) is 62.7 Å². The molecule has 0 saturated carbocycles. The van der Waals surface area contributed by atoms with Crippen LogP contribution in [0.3, 0.4) is 0 Å². The molecular formula is C11H20N2P2. The van der Waals surface area contributed by atoms with E-state index in [1.54, 1.807) is 0 Å². The van der Waals surface area contributed by atoms with E-state index >= 15 is 0 Å². The maximum absolute atomic E-state index is 2.34. The summed E-state index contributed by atoms with van der Waals surface area (Å²) in [6.07, 6.45) is 0. The topological polar surface area (TPSA) is 6.48 Å². The second-order valence-corrected chi connectivity index (χ2v) is 7.39. The van der Waals surface area contributed by atoms with Gasteiger partial charge in [-0.1, -0.05) is 12.1 Å². The number of aryl methyl sites for hydroxylation is 1. The Bertz CT molecular complexity index is 324. The molecule has 0 aromatic heterocycles. The van der Waals surface area contributed by atoms with Crippen LogP contribution in [0.1, 0.15) is 5.56 Å². The molecule has 0 bridgehead atoms. The van der Waals surface area contributed by atoms with Crippen molar-refractivity contribution in [2.75, 3.05) is 28.2 Å². The van der Waals surface area contributed by atoms with Crippen LogP contribution in [0.25, 0.3) is 0 Å². The van der Waals surface area contributed by atoms with Gasteiger partial charge in [0.1, 0.15) is 0 Å². The van der Waals surface area contributed by atoms with Crippen molar-refractivity contribution in [2.45, 2.75) is 6.92 Å². The Kier molecular flexibility index (Phi) is 5.15. The van der Waals surface area contributed by atoms with Gasteiger partial charge in [-0.15, -0.1) is 0 Å². The second-order valence-electron chi connectivity index (χ2n) is 4.04. The second kappa shape index (κ2) is 5.92. The highest BCUT2D eigenvalue weighted by Crippen LogP contribution is 2.18. The van der Waals surface area contributed by atoms with Gasteiger partial charge in [0.2, 0.25) is 0 Å². The minimum absolute atomic E-state index is 0.770. The fraction of sp³-hybridized carbons (Fsp3) is 0.455. The fourth-order valence-corrected chi connectivity index (χ4v) is 3.30. The molecule has 1 rings (SSSR count). The fourth-order valence-electron chi connectivity index (χ4n) is 1.31.